The molecule has 0 atom stereocenters. The number of aliphatic imine (C=N–C) groups is 1. The van der Waals surface area contributed by atoms with Gasteiger partial charge in [-0.25, -0.2) is 9.78 Å². The largest absolute Gasteiger partial charge is 0.449 e. The second kappa shape index (κ2) is 20.5. The molecule has 0 bridgehead atoms. The van der Waals surface area contributed by atoms with Crippen LogP contribution < -0.4 is 10.2 Å². The number of rotatable bonds is 4. The molecular formula is C25H45N5O4. The Labute approximate surface area is 206 Å². The van der Waals surface area contributed by atoms with Crippen molar-refractivity contribution in [3.63, 3.8) is 0 Å². The van der Waals surface area contributed by atoms with Gasteiger partial charge in [0, 0.05) is 19.7 Å². The Morgan fingerprint density at radius 2 is 1.71 bits per heavy atom. The van der Waals surface area contributed by atoms with E-state index in [2.05, 4.69) is 26.9 Å². The monoisotopic (exact) mass is 479 g/mol. The fourth-order valence-electron chi connectivity index (χ4n) is 1.81. The average Bonchev–Trinajstić information content (AvgIpc) is 3.24. The van der Waals surface area contributed by atoms with Gasteiger partial charge >= 0.3 is 6.09 Å². The van der Waals surface area contributed by atoms with Crippen molar-refractivity contribution < 1.29 is 19.1 Å². The average molecular weight is 480 g/mol. The van der Waals surface area contributed by atoms with E-state index in [0.29, 0.717) is 29.2 Å². The molecular weight excluding hydrogens is 434 g/mol. The number of hydrogen-bond acceptors (Lipinski definition) is 7. The highest BCUT2D eigenvalue weighted by Crippen LogP contribution is 2.20. The molecule has 1 aromatic heterocycles. The number of ether oxygens (including phenoxy) is 2. The summed E-state index contributed by atoms with van der Waals surface area (Å²) in [5.41, 5.74) is 1.84. The standard InChI is InChI=1S/C14H15N5O3.C5H12O.3C2H6/c1-4-22-14(21)19(8-20)12-7-16-6-11(17-12)10-5-9(2)13(15-3)18-10;1-5(2,3)6-4;3*1-2/h5-8H,2,4H2,1,3H3,(H,15,18);1-4H3;3*1-2H3. The lowest BCUT2D eigenvalue weighted by Gasteiger charge is -2.14. The number of methoxy groups -OCH3 is 1. The topological polar surface area (TPSA) is 106 Å². The lowest BCUT2D eigenvalue weighted by Crippen LogP contribution is -2.31. The lowest BCUT2D eigenvalue weighted by atomic mass is 10.2. The van der Waals surface area contributed by atoms with Crippen LogP contribution in [0.4, 0.5) is 10.6 Å². The summed E-state index contributed by atoms with van der Waals surface area (Å²) in [6, 6.07) is 0. The normalized spacial score (nSPS) is 12.5. The minimum absolute atomic E-state index is 0.0417. The highest BCUT2D eigenvalue weighted by molar-refractivity contribution is 6.10. The molecule has 0 radical (unpaired) electrons. The zero-order chi connectivity index (χ0) is 27.3. The molecule has 0 spiro atoms. The molecule has 2 rings (SSSR count). The number of anilines is 1. The van der Waals surface area contributed by atoms with E-state index in [9.17, 15) is 9.59 Å². The van der Waals surface area contributed by atoms with Crippen LogP contribution in [0.5, 0.6) is 0 Å². The van der Waals surface area contributed by atoms with Crippen molar-refractivity contribution in [2.24, 2.45) is 4.99 Å². The van der Waals surface area contributed by atoms with Crippen LogP contribution in [-0.4, -0.2) is 54.7 Å². The van der Waals surface area contributed by atoms with Crippen LogP contribution in [0.1, 0.15) is 74.9 Å². The van der Waals surface area contributed by atoms with Crippen LogP contribution in [0.15, 0.2) is 35.6 Å². The number of imide groups is 1. The van der Waals surface area contributed by atoms with Gasteiger partial charge in [0.2, 0.25) is 6.41 Å². The number of hydrogen-bond donors (Lipinski definition) is 1. The second-order valence-electron chi connectivity index (χ2n) is 6.53. The number of carbonyl (C=O) groups excluding carboxylic acids is 2. The van der Waals surface area contributed by atoms with E-state index in [4.69, 9.17) is 9.47 Å². The molecule has 194 valence electrons. The van der Waals surface area contributed by atoms with Crippen LogP contribution in [-0.2, 0) is 14.3 Å². The predicted molar refractivity (Wildman–Crippen MR) is 142 cm³/mol. The SMILES string of the molecule is C=C1C=C(c2cncc(N(C=O)C(=O)OCC)n2)NC1=NC.CC.CC.CC.COC(C)(C)C. The van der Waals surface area contributed by atoms with E-state index in [1.165, 1.54) is 12.4 Å². The summed E-state index contributed by atoms with van der Waals surface area (Å²) in [4.78, 5) is 35.8. The first kappa shape index (κ1) is 35.5. The fourth-order valence-corrected chi connectivity index (χ4v) is 1.81. The third-order valence-electron chi connectivity index (χ3n) is 3.43. The zero-order valence-electron chi connectivity index (χ0n) is 23.1. The van der Waals surface area contributed by atoms with Gasteiger partial charge in [-0.1, -0.05) is 48.1 Å². The van der Waals surface area contributed by atoms with Gasteiger partial charge < -0.3 is 14.8 Å². The van der Waals surface area contributed by atoms with Crippen LogP contribution in [0.25, 0.3) is 5.70 Å². The van der Waals surface area contributed by atoms with Crippen molar-refractivity contribution in [3.05, 3.63) is 36.3 Å². The number of aromatic nitrogens is 2. The summed E-state index contributed by atoms with van der Waals surface area (Å²) in [6.45, 7) is 23.7. The van der Waals surface area contributed by atoms with E-state index in [1.54, 1.807) is 27.2 Å². The van der Waals surface area contributed by atoms with E-state index >= 15 is 0 Å². The van der Waals surface area contributed by atoms with Crippen LogP contribution in [0, 0.1) is 0 Å². The third-order valence-corrected chi connectivity index (χ3v) is 3.43. The van der Waals surface area contributed by atoms with Crippen molar-refractivity contribution in [1.29, 1.82) is 0 Å². The first-order valence-corrected chi connectivity index (χ1v) is 11.6. The molecule has 0 saturated heterocycles. The molecule has 0 unspecified atom stereocenters. The van der Waals surface area contributed by atoms with Crippen molar-refractivity contribution in [2.75, 3.05) is 25.7 Å². The van der Waals surface area contributed by atoms with E-state index in [0.717, 1.165) is 4.90 Å². The zero-order valence-corrected chi connectivity index (χ0v) is 23.1. The van der Waals surface area contributed by atoms with Gasteiger partial charge in [-0.3, -0.25) is 14.8 Å². The van der Waals surface area contributed by atoms with Crippen LogP contribution in [0.3, 0.4) is 0 Å². The molecule has 2 amide bonds. The molecule has 0 aromatic carbocycles. The Kier molecular flexibility index (Phi) is 21.4. The fraction of sp³-hybridized carbons (Fsp3) is 0.560. The predicted octanol–water partition coefficient (Wildman–Crippen LogP) is 5.63. The van der Waals surface area contributed by atoms with Crippen molar-refractivity contribution in [1.82, 2.24) is 15.3 Å². The van der Waals surface area contributed by atoms with Gasteiger partial charge in [-0.15, -0.1) is 0 Å². The maximum atomic E-state index is 11.7. The maximum Gasteiger partial charge on any atom is 0.422 e. The molecule has 1 aromatic rings. The molecule has 2 heterocycles. The Balaban J connectivity index is -0.000000679. The van der Waals surface area contributed by atoms with Gasteiger partial charge in [0.05, 0.1) is 30.3 Å². The molecule has 1 aliphatic heterocycles. The number of nitrogens with zero attached hydrogens (tertiary/aromatic N) is 4. The quantitative estimate of drug-likeness (QED) is 0.557. The Morgan fingerprint density at radius 3 is 2.09 bits per heavy atom. The molecule has 1 N–H and O–H groups in total. The van der Waals surface area contributed by atoms with Crippen LogP contribution >= 0.6 is 0 Å². The van der Waals surface area contributed by atoms with E-state index in [-0.39, 0.29) is 18.0 Å². The molecule has 1 aliphatic rings. The second-order valence-corrected chi connectivity index (χ2v) is 6.53. The molecule has 0 fully saturated rings. The van der Waals surface area contributed by atoms with Gasteiger partial charge in [0.25, 0.3) is 0 Å². The summed E-state index contributed by atoms with van der Waals surface area (Å²) < 4.78 is 9.73. The minimum Gasteiger partial charge on any atom is -0.449 e. The van der Waals surface area contributed by atoms with Crippen molar-refractivity contribution in [3.8, 4) is 0 Å². The highest BCUT2D eigenvalue weighted by atomic mass is 16.6. The summed E-state index contributed by atoms with van der Waals surface area (Å²) in [6.07, 6.45) is 4.08. The first-order chi connectivity index (χ1) is 16.2. The molecule has 0 aliphatic carbocycles. The molecule has 9 heteroatoms. The van der Waals surface area contributed by atoms with Gasteiger partial charge in [0.1, 0.15) is 11.5 Å². The Morgan fingerprint density at radius 1 is 1.18 bits per heavy atom. The third kappa shape index (κ3) is 13.5. The Hall–Kier alpha value is -3.07. The minimum atomic E-state index is -0.808. The van der Waals surface area contributed by atoms with Crippen molar-refractivity contribution >= 4 is 29.9 Å². The summed E-state index contributed by atoms with van der Waals surface area (Å²) in [7, 11) is 3.35. The van der Waals surface area contributed by atoms with Crippen LogP contribution in [0.2, 0.25) is 0 Å². The summed E-state index contributed by atoms with van der Waals surface area (Å²) in [5, 5.41) is 3.03. The molecule has 9 nitrogen and oxygen atoms in total. The van der Waals surface area contributed by atoms with Crippen molar-refractivity contribution in [2.45, 2.75) is 74.8 Å². The number of nitrogens with one attached hydrogen (secondary N) is 1. The highest BCUT2D eigenvalue weighted by Gasteiger charge is 2.21. The van der Waals surface area contributed by atoms with E-state index in [1.807, 2.05) is 62.3 Å². The lowest BCUT2D eigenvalue weighted by molar-refractivity contribution is -0.107. The maximum absolute atomic E-state index is 11.7. The van der Waals surface area contributed by atoms with Gasteiger partial charge in [0.15, 0.2) is 5.82 Å². The first-order valence-electron chi connectivity index (χ1n) is 11.6. The molecule has 34 heavy (non-hydrogen) atoms. The number of amides is 2. The summed E-state index contributed by atoms with van der Waals surface area (Å²) in [5.74, 6) is 0.695. The summed E-state index contributed by atoms with van der Waals surface area (Å²) >= 11 is 0. The molecule has 0 saturated carbocycles. The Bertz CT molecular complexity index is 784. The number of carbonyl (C=O) groups is 2. The smallest absolute Gasteiger partial charge is 0.422 e. The number of amidine groups is 1. The van der Waals surface area contributed by atoms with E-state index < -0.39 is 6.09 Å². The van der Waals surface area contributed by atoms with Gasteiger partial charge in [-0.05, 0) is 33.8 Å². The van der Waals surface area contributed by atoms with Gasteiger partial charge in [-0.2, -0.15) is 4.90 Å².